The van der Waals surface area contributed by atoms with Gasteiger partial charge in [-0.15, -0.1) is 0 Å². The Morgan fingerprint density at radius 2 is 1.91 bits per heavy atom. The molecular formula is C17H24BrNO4. The van der Waals surface area contributed by atoms with E-state index in [-0.39, 0.29) is 12.4 Å². The normalized spacial score (nSPS) is 12.4. The predicted octanol–water partition coefficient (Wildman–Crippen LogP) is 4.28. The van der Waals surface area contributed by atoms with E-state index in [1.807, 2.05) is 25.1 Å². The lowest BCUT2D eigenvalue weighted by molar-refractivity contribution is -0.143. The summed E-state index contributed by atoms with van der Waals surface area (Å²) in [6, 6.07) is 5.23. The Hall–Kier alpha value is -1.56. The average molecular weight is 386 g/mol. The molecule has 5 nitrogen and oxygen atoms in total. The third-order valence-electron chi connectivity index (χ3n) is 2.83. The first kappa shape index (κ1) is 19.5. The number of carbonyl (C=O) groups is 2. The van der Waals surface area contributed by atoms with E-state index in [2.05, 4.69) is 21.2 Å². The smallest absolute Gasteiger partial charge is 0.408 e. The van der Waals surface area contributed by atoms with Gasteiger partial charge in [0, 0.05) is 4.47 Å². The van der Waals surface area contributed by atoms with Crippen molar-refractivity contribution in [2.75, 3.05) is 6.61 Å². The minimum Gasteiger partial charge on any atom is -0.466 e. The molecule has 1 N–H and O–H groups in total. The molecule has 1 atom stereocenters. The summed E-state index contributed by atoms with van der Waals surface area (Å²) in [6.45, 7) is 9.36. The first-order chi connectivity index (χ1) is 10.6. The summed E-state index contributed by atoms with van der Waals surface area (Å²) in [4.78, 5) is 23.9. The molecule has 0 saturated heterocycles. The van der Waals surface area contributed by atoms with Gasteiger partial charge in [-0.1, -0.05) is 22.0 Å². The number of alkyl carbamates (subject to hydrolysis) is 1. The van der Waals surface area contributed by atoms with Crippen LogP contribution in [0.5, 0.6) is 0 Å². The zero-order valence-electron chi connectivity index (χ0n) is 14.2. The van der Waals surface area contributed by atoms with Crippen LogP contribution >= 0.6 is 15.9 Å². The Bertz CT molecular complexity index is 546. The van der Waals surface area contributed by atoms with Crippen LogP contribution < -0.4 is 5.32 Å². The largest absolute Gasteiger partial charge is 0.466 e. The maximum Gasteiger partial charge on any atom is 0.408 e. The van der Waals surface area contributed by atoms with E-state index < -0.39 is 17.7 Å². The van der Waals surface area contributed by atoms with Gasteiger partial charge in [0.05, 0.1) is 19.1 Å². The van der Waals surface area contributed by atoms with Crippen molar-refractivity contribution in [3.63, 3.8) is 0 Å². The van der Waals surface area contributed by atoms with Crippen molar-refractivity contribution in [3.8, 4) is 0 Å². The van der Waals surface area contributed by atoms with Gasteiger partial charge in [0.2, 0.25) is 0 Å². The van der Waals surface area contributed by atoms with Gasteiger partial charge >= 0.3 is 12.1 Å². The third kappa shape index (κ3) is 7.50. The summed E-state index contributed by atoms with van der Waals surface area (Å²) in [5, 5.41) is 2.75. The van der Waals surface area contributed by atoms with Crippen molar-refractivity contribution in [1.29, 1.82) is 0 Å². The molecule has 0 bridgehead atoms. The molecular weight excluding hydrogens is 362 g/mol. The molecule has 0 fully saturated rings. The molecule has 0 aromatic heterocycles. The van der Waals surface area contributed by atoms with E-state index in [1.54, 1.807) is 27.7 Å². The Morgan fingerprint density at radius 3 is 2.43 bits per heavy atom. The topological polar surface area (TPSA) is 64.6 Å². The second-order valence-electron chi connectivity index (χ2n) is 6.27. The summed E-state index contributed by atoms with van der Waals surface area (Å²) in [7, 11) is 0. The van der Waals surface area contributed by atoms with E-state index in [0.29, 0.717) is 6.61 Å². The molecule has 0 spiro atoms. The van der Waals surface area contributed by atoms with Gasteiger partial charge < -0.3 is 14.8 Å². The minimum atomic E-state index is -0.605. The fourth-order valence-corrected chi connectivity index (χ4v) is 2.68. The van der Waals surface area contributed by atoms with Gasteiger partial charge in [-0.05, 0) is 57.9 Å². The van der Waals surface area contributed by atoms with Crippen LogP contribution in [0.2, 0.25) is 0 Å². The molecule has 6 heteroatoms. The summed E-state index contributed by atoms with van der Waals surface area (Å²) in [5.41, 5.74) is 1.23. The summed E-state index contributed by atoms with van der Waals surface area (Å²) < 4.78 is 11.2. The second kappa shape index (κ2) is 8.34. The van der Waals surface area contributed by atoms with Gasteiger partial charge in [-0.3, -0.25) is 4.79 Å². The van der Waals surface area contributed by atoms with E-state index in [4.69, 9.17) is 9.47 Å². The molecule has 1 aromatic rings. The molecule has 0 aliphatic carbocycles. The van der Waals surface area contributed by atoms with Gasteiger partial charge in [-0.25, -0.2) is 4.79 Å². The van der Waals surface area contributed by atoms with Crippen LogP contribution in [0.4, 0.5) is 4.79 Å². The average Bonchev–Trinajstić information content (AvgIpc) is 2.34. The third-order valence-corrected chi connectivity index (χ3v) is 3.29. The highest BCUT2D eigenvalue weighted by atomic mass is 79.9. The van der Waals surface area contributed by atoms with Crippen molar-refractivity contribution >= 4 is 28.0 Å². The number of hydrogen-bond acceptors (Lipinski definition) is 4. The molecule has 23 heavy (non-hydrogen) atoms. The number of halogens is 1. The van der Waals surface area contributed by atoms with Crippen LogP contribution in [-0.4, -0.2) is 24.3 Å². The maximum absolute atomic E-state index is 12.1. The molecule has 0 radical (unpaired) electrons. The van der Waals surface area contributed by atoms with Crippen molar-refractivity contribution in [2.45, 2.75) is 52.7 Å². The second-order valence-corrected chi connectivity index (χ2v) is 7.19. The number of esters is 1. The standard InChI is InChI=1S/C17H24BrNO4/c1-6-22-15(20)10-14(19-16(21)23-17(3,4)5)12-7-11(2)8-13(18)9-12/h7-9,14H,6,10H2,1-5H3,(H,19,21)/t14-/m0/s1. The van der Waals surface area contributed by atoms with Crippen LogP contribution in [0.3, 0.4) is 0 Å². The van der Waals surface area contributed by atoms with Crippen molar-refractivity contribution in [3.05, 3.63) is 33.8 Å². The van der Waals surface area contributed by atoms with Crippen LogP contribution in [-0.2, 0) is 14.3 Å². The molecule has 128 valence electrons. The number of ether oxygens (including phenoxy) is 2. The van der Waals surface area contributed by atoms with E-state index in [1.165, 1.54) is 0 Å². The number of hydrogen-bond donors (Lipinski definition) is 1. The predicted molar refractivity (Wildman–Crippen MR) is 92.2 cm³/mol. The lowest BCUT2D eigenvalue weighted by Gasteiger charge is -2.24. The number of aryl methyl sites for hydroxylation is 1. The fourth-order valence-electron chi connectivity index (χ4n) is 2.05. The number of rotatable bonds is 5. The summed E-state index contributed by atoms with van der Waals surface area (Å²) in [6.07, 6.45) is -0.521. The molecule has 0 aliphatic rings. The van der Waals surface area contributed by atoms with Crippen molar-refractivity contribution < 1.29 is 19.1 Å². The fraction of sp³-hybridized carbons (Fsp3) is 0.529. The number of carbonyl (C=O) groups excluding carboxylic acids is 2. The molecule has 0 saturated carbocycles. The SMILES string of the molecule is CCOC(=O)C[C@H](NC(=O)OC(C)(C)C)c1cc(C)cc(Br)c1. The lowest BCUT2D eigenvalue weighted by Crippen LogP contribution is -2.36. The minimum absolute atomic E-state index is 0.0446. The first-order valence-electron chi connectivity index (χ1n) is 7.53. The molecule has 0 heterocycles. The molecule has 0 aliphatic heterocycles. The quantitative estimate of drug-likeness (QED) is 0.768. The van der Waals surface area contributed by atoms with Crippen LogP contribution in [0.25, 0.3) is 0 Å². The van der Waals surface area contributed by atoms with Crippen LogP contribution in [0.1, 0.15) is 51.3 Å². The van der Waals surface area contributed by atoms with Crippen LogP contribution in [0.15, 0.2) is 22.7 Å². The number of benzene rings is 1. The summed E-state index contributed by atoms with van der Waals surface area (Å²) >= 11 is 3.43. The molecule has 1 amide bonds. The zero-order valence-corrected chi connectivity index (χ0v) is 15.8. The van der Waals surface area contributed by atoms with E-state index in [9.17, 15) is 9.59 Å². The highest BCUT2D eigenvalue weighted by Gasteiger charge is 2.23. The number of amides is 1. The van der Waals surface area contributed by atoms with Crippen molar-refractivity contribution in [2.24, 2.45) is 0 Å². The summed E-state index contributed by atoms with van der Waals surface area (Å²) in [5.74, 6) is -0.369. The maximum atomic E-state index is 12.1. The molecule has 1 rings (SSSR count). The highest BCUT2D eigenvalue weighted by molar-refractivity contribution is 9.10. The Morgan fingerprint density at radius 1 is 1.26 bits per heavy atom. The molecule has 0 unspecified atom stereocenters. The van der Waals surface area contributed by atoms with E-state index >= 15 is 0 Å². The van der Waals surface area contributed by atoms with E-state index in [0.717, 1.165) is 15.6 Å². The molecule has 1 aromatic carbocycles. The van der Waals surface area contributed by atoms with Crippen LogP contribution in [0, 0.1) is 6.92 Å². The Kier molecular flexibility index (Phi) is 7.06. The number of nitrogens with one attached hydrogen (secondary N) is 1. The van der Waals surface area contributed by atoms with Gasteiger partial charge in [-0.2, -0.15) is 0 Å². The first-order valence-corrected chi connectivity index (χ1v) is 8.32. The monoisotopic (exact) mass is 385 g/mol. The highest BCUT2D eigenvalue weighted by Crippen LogP contribution is 2.24. The van der Waals surface area contributed by atoms with Gasteiger partial charge in [0.1, 0.15) is 5.60 Å². The Balaban J connectivity index is 2.97. The zero-order chi connectivity index (χ0) is 17.6. The Labute approximate surface area is 145 Å². The lowest BCUT2D eigenvalue weighted by atomic mass is 10.0. The van der Waals surface area contributed by atoms with Crippen molar-refractivity contribution in [1.82, 2.24) is 5.32 Å². The van der Waals surface area contributed by atoms with Gasteiger partial charge in [0.25, 0.3) is 0 Å². The van der Waals surface area contributed by atoms with Gasteiger partial charge in [0.15, 0.2) is 0 Å².